The summed E-state index contributed by atoms with van der Waals surface area (Å²) in [6, 6.07) is 0. The summed E-state index contributed by atoms with van der Waals surface area (Å²) >= 11 is 0. The highest BCUT2D eigenvalue weighted by Crippen LogP contribution is 2.59. The Bertz CT molecular complexity index is 319. The lowest BCUT2D eigenvalue weighted by molar-refractivity contribution is -0.162. The lowest BCUT2D eigenvalue weighted by Crippen LogP contribution is -2.56. The van der Waals surface area contributed by atoms with Crippen LogP contribution >= 0.6 is 0 Å². The predicted octanol–water partition coefficient (Wildman–Crippen LogP) is 2.19. The molecule has 0 radical (unpaired) electrons. The van der Waals surface area contributed by atoms with Gasteiger partial charge in [-0.2, -0.15) is 0 Å². The van der Waals surface area contributed by atoms with E-state index in [4.69, 9.17) is 4.74 Å². The van der Waals surface area contributed by atoms with Crippen LogP contribution in [0.15, 0.2) is 0 Å². The van der Waals surface area contributed by atoms with Crippen LogP contribution in [0.2, 0.25) is 0 Å². The standard InChI is InChI=1S/C13H20O3/c1-4-16-11(14)6-8-5-9-7-10(12(8)15)13(9,2)3/h8-10H,4-7H2,1-3H3. The first-order valence-electron chi connectivity index (χ1n) is 6.16. The highest BCUT2D eigenvalue weighted by atomic mass is 16.5. The molecule has 3 atom stereocenters. The number of ether oxygens (including phenoxy) is 1. The molecule has 3 nitrogen and oxygen atoms in total. The van der Waals surface area contributed by atoms with E-state index in [9.17, 15) is 9.59 Å². The van der Waals surface area contributed by atoms with Gasteiger partial charge in [-0.3, -0.25) is 9.59 Å². The summed E-state index contributed by atoms with van der Waals surface area (Å²) in [5.41, 5.74) is 0.169. The fourth-order valence-electron chi connectivity index (χ4n) is 3.25. The molecule has 0 N–H and O–H groups in total. The molecule has 3 aliphatic rings. The summed E-state index contributed by atoms with van der Waals surface area (Å²) in [5, 5.41) is 0. The van der Waals surface area contributed by atoms with Crippen LogP contribution in [0.4, 0.5) is 0 Å². The second-order valence-corrected chi connectivity index (χ2v) is 5.65. The number of rotatable bonds is 3. The summed E-state index contributed by atoms with van der Waals surface area (Å²) in [4.78, 5) is 23.5. The van der Waals surface area contributed by atoms with Crippen molar-refractivity contribution in [2.45, 2.75) is 40.0 Å². The van der Waals surface area contributed by atoms with Crippen molar-refractivity contribution < 1.29 is 14.3 Å². The predicted molar refractivity (Wildman–Crippen MR) is 59.7 cm³/mol. The molecule has 0 aromatic rings. The number of ketones is 1. The highest BCUT2D eigenvalue weighted by molar-refractivity contribution is 5.89. The van der Waals surface area contributed by atoms with Gasteiger partial charge in [-0.15, -0.1) is 0 Å². The summed E-state index contributed by atoms with van der Waals surface area (Å²) < 4.78 is 4.90. The first-order chi connectivity index (χ1) is 7.46. The third-order valence-electron chi connectivity index (χ3n) is 4.50. The minimum Gasteiger partial charge on any atom is -0.466 e. The number of hydrogen-bond acceptors (Lipinski definition) is 3. The van der Waals surface area contributed by atoms with Crippen molar-refractivity contribution in [3.05, 3.63) is 0 Å². The summed E-state index contributed by atoms with van der Waals surface area (Å²) in [5.74, 6) is 0.802. The Kier molecular flexibility index (Phi) is 2.81. The quantitative estimate of drug-likeness (QED) is 0.690. The zero-order valence-corrected chi connectivity index (χ0v) is 10.3. The minimum absolute atomic E-state index is 0.0733. The number of fused-ring (bicyclic) bond motifs is 2. The Morgan fingerprint density at radius 2 is 2.12 bits per heavy atom. The van der Waals surface area contributed by atoms with Crippen LogP contribution in [-0.4, -0.2) is 18.4 Å². The van der Waals surface area contributed by atoms with Crippen LogP contribution in [0.3, 0.4) is 0 Å². The lowest BCUT2D eigenvalue weighted by atomic mass is 9.46. The Morgan fingerprint density at radius 1 is 1.44 bits per heavy atom. The van der Waals surface area contributed by atoms with E-state index in [-0.39, 0.29) is 29.6 Å². The number of hydrogen-bond donors (Lipinski definition) is 0. The highest BCUT2D eigenvalue weighted by Gasteiger charge is 2.57. The zero-order valence-electron chi connectivity index (χ0n) is 10.3. The molecule has 0 aromatic carbocycles. The molecule has 0 aromatic heterocycles. The van der Waals surface area contributed by atoms with Gasteiger partial charge in [0.25, 0.3) is 0 Å². The van der Waals surface area contributed by atoms with Crippen LogP contribution in [0.1, 0.15) is 40.0 Å². The van der Waals surface area contributed by atoms with Crippen LogP contribution in [0, 0.1) is 23.2 Å². The van der Waals surface area contributed by atoms with Gasteiger partial charge in [-0.05, 0) is 31.1 Å². The van der Waals surface area contributed by atoms with Gasteiger partial charge in [0.1, 0.15) is 5.78 Å². The van der Waals surface area contributed by atoms with Crippen molar-refractivity contribution in [1.29, 1.82) is 0 Å². The fourth-order valence-corrected chi connectivity index (χ4v) is 3.25. The Hall–Kier alpha value is -0.860. The van der Waals surface area contributed by atoms with Gasteiger partial charge in [0.15, 0.2) is 0 Å². The van der Waals surface area contributed by atoms with E-state index in [2.05, 4.69) is 13.8 Å². The molecule has 16 heavy (non-hydrogen) atoms. The molecule has 0 aliphatic heterocycles. The first-order valence-corrected chi connectivity index (χ1v) is 6.16. The van der Waals surface area contributed by atoms with Gasteiger partial charge >= 0.3 is 5.97 Å². The molecule has 0 spiro atoms. The molecule has 90 valence electrons. The maximum Gasteiger partial charge on any atom is 0.306 e. The number of carbonyl (C=O) groups is 2. The smallest absolute Gasteiger partial charge is 0.306 e. The van der Waals surface area contributed by atoms with Crippen LogP contribution < -0.4 is 0 Å². The normalized spacial score (nSPS) is 35.4. The average Bonchev–Trinajstić information content (AvgIpc) is 2.20. The van der Waals surface area contributed by atoms with Crippen molar-refractivity contribution in [3.8, 4) is 0 Å². The van der Waals surface area contributed by atoms with E-state index in [0.29, 0.717) is 18.3 Å². The monoisotopic (exact) mass is 224 g/mol. The van der Waals surface area contributed by atoms with E-state index in [1.807, 2.05) is 0 Å². The SMILES string of the molecule is CCOC(=O)CC1CC2CC(C1=O)C2(C)C. The van der Waals surface area contributed by atoms with Crippen molar-refractivity contribution in [2.75, 3.05) is 6.61 Å². The molecule has 3 unspecified atom stereocenters. The largest absolute Gasteiger partial charge is 0.466 e. The summed E-state index contributed by atoms with van der Waals surface area (Å²) in [6.07, 6.45) is 2.20. The summed E-state index contributed by atoms with van der Waals surface area (Å²) in [6.45, 7) is 6.54. The van der Waals surface area contributed by atoms with Gasteiger partial charge in [-0.25, -0.2) is 0 Å². The topological polar surface area (TPSA) is 43.4 Å². The molecule has 3 heteroatoms. The maximum atomic E-state index is 12.1. The Balaban J connectivity index is 1.96. The van der Waals surface area contributed by atoms with E-state index in [1.54, 1.807) is 6.92 Å². The molecular formula is C13H20O3. The van der Waals surface area contributed by atoms with Gasteiger partial charge in [0.05, 0.1) is 13.0 Å². The van der Waals surface area contributed by atoms with Gasteiger partial charge in [0, 0.05) is 11.8 Å². The van der Waals surface area contributed by atoms with Crippen LogP contribution in [-0.2, 0) is 14.3 Å². The molecule has 0 amide bonds. The van der Waals surface area contributed by atoms with Gasteiger partial charge in [-0.1, -0.05) is 13.8 Å². The second-order valence-electron chi connectivity index (χ2n) is 5.65. The van der Waals surface area contributed by atoms with Gasteiger partial charge < -0.3 is 4.74 Å². The molecular weight excluding hydrogens is 204 g/mol. The van der Waals surface area contributed by atoms with E-state index in [0.717, 1.165) is 12.8 Å². The minimum atomic E-state index is -0.222. The Morgan fingerprint density at radius 3 is 2.62 bits per heavy atom. The molecule has 0 heterocycles. The Labute approximate surface area is 96.5 Å². The van der Waals surface area contributed by atoms with Crippen molar-refractivity contribution in [1.82, 2.24) is 0 Å². The first kappa shape index (κ1) is 11.6. The number of Topliss-reactive ketones (excluding diaryl/α,β-unsaturated/α-hetero) is 1. The summed E-state index contributed by atoms with van der Waals surface area (Å²) in [7, 11) is 0. The molecule has 2 bridgehead atoms. The zero-order chi connectivity index (χ0) is 11.9. The number of carbonyl (C=O) groups excluding carboxylic acids is 2. The van der Waals surface area contributed by atoms with Crippen molar-refractivity contribution in [2.24, 2.45) is 23.2 Å². The van der Waals surface area contributed by atoms with E-state index in [1.165, 1.54) is 0 Å². The average molecular weight is 224 g/mol. The fraction of sp³-hybridized carbons (Fsp3) is 0.846. The van der Waals surface area contributed by atoms with E-state index < -0.39 is 0 Å². The van der Waals surface area contributed by atoms with Crippen LogP contribution in [0.25, 0.3) is 0 Å². The van der Waals surface area contributed by atoms with Crippen LogP contribution in [0.5, 0.6) is 0 Å². The van der Waals surface area contributed by atoms with Crippen molar-refractivity contribution >= 4 is 11.8 Å². The number of esters is 1. The molecule has 3 fully saturated rings. The molecule has 0 saturated heterocycles. The second kappa shape index (κ2) is 3.86. The molecule has 3 saturated carbocycles. The van der Waals surface area contributed by atoms with E-state index >= 15 is 0 Å². The lowest BCUT2D eigenvalue weighted by Gasteiger charge is -2.57. The molecule has 3 rings (SSSR count). The third kappa shape index (κ3) is 1.66. The molecule has 3 aliphatic carbocycles. The van der Waals surface area contributed by atoms with Gasteiger partial charge in [0.2, 0.25) is 0 Å². The maximum absolute atomic E-state index is 12.1. The van der Waals surface area contributed by atoms with Crippen molar-refractivity contribution in [3.63, 3.8) is 0 Å². The third-order valence-corrected chi connectivity index (χ3v) is 4.50.